The number of nitrogens with zero attached hydrogens (tertiary/aromatic N) is 1. The molecule has 1 aromatic carbocycles. The lowest BCUT2D eigenvalue weighted by Gasteiger charge is -2.10. The van der Waals surface area contributed by atoms with Crippen LogP contribution in [0.25, 0.3) is 5.69 Å². The van der Waals surface area contributed by atoms with Gasteiger partial charge in [-0.25, -0.2) is 4.79 Å². The van der Waals surface area contributed by atoms with Crippen molar-refractivity contribution in [3.8, 4) is 5.69 Å². The Bertz CT molecular complexity index is 723. The highest BCUT2D eigenvalue weighted by Crippen LogP contribution is 2.27. The minimum absolute atomic E-state index is 0.366. The van der Waals surface area contributed by atoms with Gasteiger partial charge in [-0.3, -0.25) is 0 Å². The molecule has 136 valence electrons. The highest BCUT2D eigenvalue weighted by atomic mass is 35.5. The zero-order chi connectivity index (χ0) is 18.4. The van der Waals surface area contributed by atoms with Crippen molar-refractivity contribution in [2.75, 3.05) is 19.8 Å². The minimum atomic E-state index is -0.903. The zero-order valence-electron chi connectivity index (χ0n) is 14.9. The van der Waals surface area contributed by atoms with Gasteiger partial charge in [0.1, 0.15) is 0 Å². The summed E-state index contributed by atoms with van der Waals surface area (Å²) in [6, 6.07) is 7.41. The first-order valence-corrected chi connectivity index (χ1v) is 8.83. The highest BCUT2D eigenvalue weighted by molar-refractivity contribution is 6.30. The second-order valence-electron chi connectivity index (χ2n) is 5.87. The van der Waals surface area contributed by atoms with Gasteiger partial charge in [-0.1, -0.05) is 11.6 Å². The first-order chi connectivity index (χ1) is 12.0. The molecule has 0 fully saturated rings. The van der Waals surface area contributed by atoms with E-state index in [0.29, 0.717) is 30.3 Å². The summed E-state index contributed by atoms with van der Waals surface area (Å²) in [4.78, 5) is 11.8. The number of rotatable bonds is 9. The van der Waals surface area contributed by atoms with E-state index in [-0.39, 0.29) is 0 Å². The van der Waals surface area contributed by atoms with Gasteiger partial charge in [0.25, 0.3) is 0 Å². The molecule has 0 spiro atoms. The normalized spacial score (nSPS) is 11.0. The van der Waals surface area contributed by atoms with Crippen molar-refractivity contribution in [1.29, 1.82) is 0 Å². The summed E-state index contributed by atoms with van der Waals surface area (Å²) in [6.45, 7) is 8.47. The van der Waals surface area contributed by atoms with Crippen LogP contribution in [-0.2, 0) is 11.3 Å². The van der Waals surface area contributed by atoms with E-state index in [1.807, 2.05) is 49.6 Å². The van der Waals surface area contributed by atoms with Crippen molar-refractivity contribution in [2.24, 2.45) is 0 Å². The molecule has 2 aromatic rings. The van der Waals surface area contributed by atoms with Crippen molar-refractivity contribution in [3.05, 3.63) is 51.8 Å². The Morgan fingerprint density at radius 2 is 1.92 bits per heavy atom. The molecule has 0 aliphatic heterocycles. The van der Waals surface area contributed by atoms with Crippen LogP contribution in [0, 0.1) is 13.8 Å². The molecule has 25 heavy (non-hydrogen) atoms. The van der Waals surface area contributed by atoms with Gasteiger partial charge in [0.2, 0.25) is 0 Å². The van der Waals surface area contributed by atoms with E-state index >= 15 is 0 Å². The number of halogens is 1. The third kappa shape index (κ3) is 4.63. The number of aromatic nitrogens is 1. The molecule has 0 radical (unpaired) electrons. The lowest BCUT2D eigenvalue weighted by molar-refractivity contribution is 0.0694. The summed E-state index contributed by atoms with van der Waals surface area (Å²) in [5, 5.41) is 13.6. The van der Waals surface area contributed by atoms with Gasteiger partial charge in [-0.2, -0.15) is 0 Å². The number of hydrogen-bond acceptors (Lipinski definition) is 3. The number of nitrogens with one attached hydrogen (secondary N) is 1. The molecular weight excluding hydrogens is 340 g/mol. The Hall–Kier alpha value is -1.82. The van der Waals surface area contributed by atoms with Crippen LogP contribution in [0.4, 0.5) is 0 Å². The van der Waals surface area contributed by atoms with E-state index in [1.54, 1.807) is 0 Å². The fraction of sp³-hybridized carbons (Fsp3) is 0.421. The molecule has 0 saturated carbocycles. The van der Waals surface area contributed by atoms with Crippen LogP contribution in [0.3, 0.4) is 0 Å². The van der Waals surface area contributed by atoms with Gasteiger partial charge in [0.15, 0.2) is 0 Å². The molecule has 0 unspecified atom stereocenters. The van der Waals surface area contributed by atoms with Crippen molar-refractivity contribution < 1.29 is 14.6 Å². The lowest BCUT2D eigenvalue weighted by Crippen LogP contribution is -2.18. The molecule has 0 bridgehead atoms. The Labute approximate surface area is 153 Å². The summed E-state index contributed by atoms with van der Waals surface area (Å²) in [7, 11) is 0. The molecule has 1 heterocycles. The molecule has 0 atom stereocenters. The molecule has 0 saturated heterocycles. The average molecular weight is 365 g/mol. The predicted molar refractivity (Wildman–Crippen MR) is 100 cm³/mol. The van der Waals surface area contributed by atoms with Gasteiger partial charge in [0, 0.05) is 47.4 Å². The minimum Gasteiger partial charge on any atom is -0.478 e. The monoisotopic (exact) mass is 364 g/mol. The average Bonchev–Trinajstić information content (AvgIpc) is 2.82. The largest absolute Gasteiger partial charge is 0.478 e. The molecular formula is C19H25ClN2O3. The second-order valence-corrected chi connectivity index (χ2v) is 6.31. The van der Waals surface area contributed by atoms with E-state index < -0.39 is 5.97 Å². The van der Waals surface area contributed by atoms with Gasteiger partial charge >= 0.3 is 5.97 Å². The Balaban J connectivity index is 2.25. The first-order valence-electron chi connectivity index (χ1n) is 8.45. The Morgan fingerprint density at radius 1 is 1.24 bits per heavy atom. The molecule has 0 amide bonds. The van der Waals surface area contributed by atoms with E-state index in [1.165, 1.54) is 0 Å². The number of benzene rings is 1. The van der Waals surface area contributed by atoms with Crippen molar-refractivity contribution in [3.63, 3.8) is 0 Å². The molecule has 2 N–H and O–H groups in total. The van der Waals surface area contributed by atoms with E-state index in [9.17, 15) is 9.90 Å². The van der Waals surface area contributed by atoms with Crippen molar-refractivity contribution >= 4 is 17.6 Å². The van der Waals surface area contributed by atoms with Crippen molar-refractivity contribution in [1.82, 2.24) is 9.88 Å². The molecule has 6 heteroatoms. The van der Waals surface area contributed by atoms with Crippen LogP contribution < -0.4 is 5.32 Å². The molecule has 0 aliphatic carbocycles. The number of carbonyl (C=O) groups is 1. The van der Waals surface area contributed by atoms with Gasteiger partial charge in [-0.05, 0) is 58.0 Å². The van der Waals surface area contributed by atoms with Crippen LogP contribution in [-0.4, -0.2) is 35.4 Å². The maximum Gasteiger partial charge on any atom is 0.337 e. The molecule has 0 aliphatic rings. The predicted octanol–water partition coefficient (Wildman–Crippen LogP) is 3.96. The van der Waals surface area contributed by atoms with Crippen LogP contribution >= 0.6 is 11.6 Å². The number of hydrogen-bond donors (Lipinski definition) is 2. The third-order valence-corrected chi connectivity index (χ3v) is 4.47. The summed E-state index contributed by atoms with van der Waals surface area (Å²) in [5.41, 5.74) is 3.73. The van der Waals surface area contributed by atoms with Crippen LogP contribution in [0.2, 0.25) is 5.02 Å². The standard InChI is InChI=1S/C19H25ClN2O3/c1-4-25-11-5-10-21-12-17-13(2)22(14(3)18(17)19(23)24)16-8-6-15(20)7-9-16/h6-9,21H,4-5,10-12H2,1-3H3,(H,23,24). The first kappa shape index (κ1) is 19.5. The fourth-order valence-electron chi connectivity index (χ4n) is 3.03. The van der Waals surface area contributed by atoms with E-state index in [2.05, 4.69) is 5.32 Å². The third-order valence-electron chi connectivity index (χ3n) is 4.22. The quantitative estimate of drug-likeness (QED) is 0.661. The van der Waals surface area contributed by atoms with Crippen LogP contribution in [0.5, 0.6) is 0 Å². The van der Waals surface area contributed by atoms with Gasteiger partial charge in [0.05, 0.1) is 5.56 Å². The van der Waals surface area contributed by atoms with E-state index in [0.717, 1.165) is 35.6 Å². The van der Waals surface area contributed by atoms with Crippen LogP contribution in [0.15, 0.2) is 24.3 Å². The zero-order valence-corrected chi connectivity index (χ0v) is 15.7. The maximum atomic E-state index is 11.8. The van der Waals surface area contributed by atoms with Gasteiger partial charge < -0.3 is 19.7 Å². The maximum absolute atomic E-state index is 11.8. The summed E-state index contributed by atoms with van der Waals surface area (Å²) >= 11 is 5.96. The molecule has 5 nitrogen and oxygen atoms in total. The summed E-state index contributed by atoms with van der Waals surface area (Å²) in [5.74, 6) is -0.903. The Kier molecular flexibility index (Phi) is 7.05. The molecule has 2 rings (SSSR count). The molecule has 1 aromatic heterocycles. The number of carboxylic acids is 1. The van der Waals surface area contributed by atoms with Crippen LogP contribution in [0.1, 0.15) is 40.7 Å². The smallest absolute Gasteiger partial charge is 0.337 e. The van der Waals surface area contributed by atoms with Gasteiger partial charge in [-0.15, -0.1) is 0 Å². The highest BCUT2D eigenvalue weighted by Gasteiger charge is 2.22. The Morgan fingerprint density at radius 3 is 2.52 bits per heavy atom. The topological polar surface area (TPSA) is 63.5 Å². The summed E-state index contributed by atoms with van der Waals surface area (Å²) in [6.07, 6.45) is 0.895. The van der Waals surface area contributed by atoms with Crippen molar-refractivity contribution in [2.45, 2.75) is 33.7 Å². The summed E-state index contributed by atoms with van der Waals surface area (Å²) < 4.78 is 7.28. The SMILES string of the molecule is CCOCCCNCc1c(C(=O)O)c(C)n(-c2ccc(Cl)cc2)c1C. The lowest BCUT2D eigenvalue weighted by atomic mass is 10.1. The van der Waals surface area contributed by atoms with E-state index in [4.69, 9.17) is 16.3 Å². The number of aromatic carboxylic acids is 1. The fourth-order valence-corrected chi connectivity index (χ4v) is 3.16. The second kappa shape index (κ2) is 9.04. The number of carboxylic acid groups (broad SMARTS) is 1. The number of ether oxygens (including phenoxy) is 1.